The van der Waals surface area contributed by atoms with Gasteiger partial charge in [0.05, 0.1) is 7.11 Å². The van der Waals surface area contributed by atoms with Crippen molar-refractivity contribution in [3.63, 3.8) is 0 Å². The number of nitrogens with zero attached hydrogens (tertiary/aromatic N) is 1. The highest BCUT2D eigenvalue weighted by Gasteiger charge is 2.21. The molecule has 1 saturated heterocycles. The van der Waals surface area contributed by atoms with Crippen molar-refractivity contribution in [1.82, 2.24) is 10.2 Å². The number of ether oxygens (including phenoxy) is 3. The number of methoxy groups -OCH3 is 1. The van der Waals surface area contributed by atoms with Gasteiger partial charge in [-0.1, -0.05) is 0 Å². The number of hydrogen-bond donors (Lipinski definition) is 1. The molecule has 23 heavy (non-hydrogen) atoms. The molecule has 6 nitrogen and oxygen atoms in total. The first-order valence-electron chi connectivity index (χ1n) is 7.86. The number of hydrogen-bond acceptors (Lipinski definition) is 5. The molecule has 0 saturated carbocycles. The lowest BCUT2D eigenvalue weighted by atomic mass is 10.1. The van der Waals surface area contributed by atoms with Crippen molar-refractivity contribution in [3.8, 4) is 17.2 Å². The largest absolute Gasteiger partial charge is 0.493 e. The Bertz CT molecular complexity index is 598. The average molecular weight is 318 g/mol. The molecule has 2 heterocycles. The van der Waals surface area contributed by atoms with Gasteiger partial charge < -0.3 is 24.4 Å². The highest BCUT2D eigenvalue weighted by Crippen LogP contribution is 2.40. The standard InChI is InChI=1S/C17H22N2O4/c1-12-11-18-5-6-19(12)16(20)4-3-13-9-14(21-2)17-15(10-13)22-7-8-23-17/h3-4,9-10,12,18H,5-8,11H2,1-2H3. The molecule has 0 aliphatic carbocycles. The van der Waals surface area contributed by atoms with Crippen molar-refractivity contribution in [2.45, 2.75) is 13.0 Å². The van der Waals surface area contributed by atoms with Crippen molar-refractivity contribution in [1.29, 1.82) is 0 Å². The Morgan fingerprint density at radius 2 is 2.22 bits per heavy atom. The zero-order chi connectivity index (χ0) is 16.2. The summed E-state index contributed by atoms with van der Waals surface area (Å²) >= 11 is 0. The summed E-state index contributed by atoms with van der Waals surface area (Å²) in [5.41, 5.74) is 0.849. The number of rotatable bonds is 3. The Labute approximate surface area is 136 Å². The fourth-order valence-corrected chi connectivity index (χ4v) is 2.82. The summed E-state index contributed by atoms with van der Waals surface area (Å²) in [6, 6.07) is 3.91. The topological polar surface area (TPSA) is 60.0 Å². The third-order valence-electron chi connectivity index (χ3n) is 4.05. The fraction of sp³-hybridized carbons (Fsp3) is 0.471. The number of benzene rings is 1. The molecule has 1 unspecified atom stereocenters. The molecule has 1 aromatic carbocycles. The lowest BCUT2D eigenvalue weighted by molar-refractivity contribution is -0.128. The number of carbonyl (C=O) groups excluding carboxylic acids is 1. The third-order valence-corrected chi connectivity index (χ3v) is 4.05. The minimum atomic E-state index is 0.0212. The summed E-state index contributed by atoms with van der Waals surface area (Å²) in [5.74, 6) is 1.91. The Balaban J connectivity index is 1.78. The van der Waals surface area contributed by atoms with E-state index in [-0.39, 0.29) is 11.9 Å². The normalized spacial score (nSPS) is 20.6. The zero-order valence-electron chi connectivity index (χ0n) is 13.5. The van der Waals surface area contributed by atoms with Gasteiger partial charge in [-0.25, -0.2) is 0 Å². The van der Waals surface area contributed by atoms with Gasteiger partial charge in [0.25, 0.3) is 0 Å². The molecule has 0 bridgehead atoms. The number of carbonyl (C=O) groups is 1. The Kier molecular flexibility index (Phi) is 4.71. The van der Waals surface area contributed by atoms with Gasteiger partial charge in [-0.3, -0.25) is 4.79 Å². The second-order valence-corrected chi connectivity index (χ2v) is 5.67. The molecule has 2 aliphatic rings. The van der Waals surface area contributed by atoms with E-state index in [1.165, 1.54) is 0 Å². The summed E-state index contributed by atoms with van der Waals surface area (Å²) in [7, 11) is 1.59. The van der Waals surface area contributed by atoms with E-state index in [2.05, 4.69) is 5.32 Å². The molecular formula is C17H22N2O4. The third kappa shape index (κ3) is 3.42. The van der Waals surface area contributed by atoms with E-state index < -0.39 is 0 Å². The predicted molar refractivity (Wildman–Crippen MR) is 87.1 cm³/mol. The van der Waals surface area contributed by atoms with Crippen molar-refractivity contribution in [2.24, 2.45) is 0 Å². The van der Waals surface area contributed by atoms with E-state index in [1.807, 2.05) is 24.0 Å². The second kappa shape index (κ2) is 6.91. The van der Waals surface area contributed by atoms with Gasteiger partial charge >= 0.3 is 0 Å². The van der Waals surface area contributed by atoms with Crippen LogP contribution in [-0.4, -0.2) is 56.8 Å². The van der Waals surface area contributed by atoms with Gasteiger partial charge in [0.2, 0.25) is 11.7 Å². The van der Waals surface area contributed by atoms with Crippen LogP contribution in [0, 0.1) is 0 Å². The molecule has 2 aliphatic heterocycles. The van der Waals surface area contributed by atoms with Crippen molar-refractivity contribution >= 4 is 12.0 Å². The number of fused-ring (bicyclic) bond motifs is 1. The summed E-state index contributed by atoms with van der Waals surface area (Å²) in [6.45, 7) is 5.47. The van der Waals surface area contributed by atoms with Crippen LogP contribution in [-0.2, 0) is 4.79 Å². The molecule has 6 heteroatoms. The molecule has 0 aromatic heterocycles. The summed E-state index contributed by atoms with van der Waals surface area (Å²) in [5, 5.41) is 3.28. The van der Waals surface area contributed by atoms with Gasteiger partial charge in [0.15, 0.2) is 11.5 Å². The maximum Gasteiger partial charge on any atom is 0.246 e. The smallest absolute Gasteiger partial charge is 0.246 e. The van der Waals surface area contributed by atoms with Crippen molar-refractivity contribution in [3.05, 3.63) is 23.8 Å². The molecule has 3 rings (SSSR count). The van der Waals surface area contributed by atoms with E-state index >= 15 is 0 Å². The van der Waals surface area contributed by atoms with E-state index in [0.717, 1.165) is 25.2 Å². The van der Waals surface area contributed by atoms with E-state index in [1.54, 1.807) is 19.3 Å². The maximum absolute atomic E-state index is 12.3. The maximum atomic E-state index is 12.3. The Morgan fingerprint density at radius 3 is 3.00 bits per heavy atom. The molecule has 1 aromatic rings. The predicted octanol–water partition coefficient (Wildman–Crippen LogP) is 1.30. The van der Waals surface area contributed by atoms with Crippen LogP contribution in [0.3, 0.4) is 0 Å². The molecule has 0 radical (unpaired) electrons. The number of piperazine rings is 1. The first kappa shape index (κ1) is 15.7. The van der Waals surface area contributed by atoms with Gasteiger partial charge in [-0.2, -0.15) is 0 Å². The molecule has 1 atom stereocenters. The number of amides is 1. The first-order valence-corrected chi connectivity index (χ1v) is 7.86. The monoisotopic (exact) mass is 318 g/mol. The van der Waals surface area contributed by atoms with Crippen molar-refractivity contribution in [2.75, 3.05) is 40.0 Å². The highest BCUT2D eigenvalue weighted by molar-refractivity contribution is 5.92. The quantitative estimate of drug-likeness (QED) is 0.851. The van der Waals surface area contributed by atoms with E-state index in [0.29, 0.717) is 30.5 Å². The van der Waals surface area contributed by atoms with Crippen LogP contribution in [0.25, 0.3) is 6.08 Å². The Morgan fingerprint density at radius 1 is 1.39 bits per heavy atom. The average Bonchev–Trinajstić information content (AvgIpc) is 2.59. The molecule has 1 amide bonds. The van der Waals surface area contributed by atoms with Crippen molar-refractivity contribution < 1.29 is 19.0 Å². The first-order chi connectivity index (χ1) is 11.2. The SMILES string of the molecule is COc1cc(C=CC(=O)N2CCNCC2C)cc2c1OCCO2. The van der Waals surface area contributed by atoms with Gasteiger partial charge in [0, 0.05) is 31.8 Å². The summed E-state index contributed by atoms with van der Waals surface area (Å²) in [4.78, 5) is 14.2. The van der Waals surface area contributed by atoms with Gasteiger partial charge in [-0.15, -0.1) is 0 Å². The minimum Gasteiger partial charge on any atom is -0.493 e. The molecule has 1 fully saturated rings. The summed E-state index contributed by atoms with van der Waals surface area (Å²) in [6.07, 6.45) is 3.39. The van der Waals surface area contributed by atoms with Crippen LogP contribution >= 0.6 is 0 Å². The summed E-state index contributed by atoms with van der Waals surface area (Å²) < 4.78 is 16.5. The van der Waals surface area contributed by atoms with Crippen LogP contribution in [0.2, 0.25) is 0 Å². The lowest BCUT2D eigenvalue weighted by Gasteiger charge is -2.33. The second-order valence-electron chi connectivity index (χ2n) is 5.67. The van der Waals surface area contributed by atoms with Gasteiger partial charge in [-0.05, 0) is 30.7 Å². The molecule has 1 N–H and O–H groups in total. The minimum absolute atomic E-state index is 0.0212. The Hall–Kier alpha value is -2.21. The van der Waals surface area contributed by atoms with Crippen LogP contribution in [0.15, 0.2) is 18.2 Å². The fourth-order valence-electron chi connectivity index (χ4n) is 2.82. The van der Waals surface area contributed by atoms with Crippen LogP contribution < -0.4 is 19.5 Å². The van der Waals surface area contributed by atoms with Crippen LogP contribution in [0.4, 0.5) is 0 Å². The molecule has 124 valence electrons. The lowest BCUT2D eigenvalue weighted by Crippen LogP contribution is -2.51. The van der Waals surface area contributed by atoms with Crippen LogP contribution in [0.1, 0.15) is 12.5 Å². The molecular weight excluding hydrogens is 296 g/mol. The number of nitrogens with one attached hydrogen (secondary N) is 1. The van der Waals surface area contributed by atoms with E-state index in [9.17, 15) is 4.79 Å². The zero-order valence-corrected chi connectivity index (χ0v) is 13.5. The molecule has 0 spiro atoms. The van der Waals surface area contributed by atoms with Gasteiger partial charge in [0.1, 0.15) is 13.2 Å². The van der Waals surface area contributed by atoms with E-state index in [4.69, 9.17) is 14.2 Å². The van der Waals surface area contributed by atoms with Crippen LogP contribution in [0.5, 0.6) is 17.2 Å². The highest BCUT2D eigenvalue weighted by atomic mass is 16.6.